The third-order valence-electron chi connectivity index (χ3n) is 3.20. The first-order chi connectivity index (χ1) is 12.6. The summed E-state index contributed by atoms with van der Waals surface area (Å²) in [6.07, 6.45) is 2.82. The summed E-state index contributed by atoms with van der Waals surface area (Å²) in [5.41, 5.74) is 5.72. The van der Waals surface area contributed by atoms with Crippen molar-refractivity contribution in [3.05, 3.63) is 59.7 Å². The highest BCUT2D eigenvalue weighted by Gasteiger charge is 2.10. The zero-order chi connectivity index (χ0) is 18.8. The van der Waals surface area contributed by atoms with Gasteiger partial charge in [-0.05, 0) is 59.7 Å². The lowest BCUT2D eigenvalue weighted by atomic mass is 10.2. The summed E-state index contributed by atoms with van der Waals surface area (Å²) in [6, 6.07) is 14.0. The van der Waals surface area contributed by atoms with E-state index in [1.54, 1.807) is 62.8 Å². The number of ether oxygens (including phenoxy) is 2. The summed E-state index contributed by atoms with van der Waals surface area (Å²) in [5, 5.41) is 7.42. The molecule has 0 radical (unpaired) electrons. The van der Waals surface area contributed by atoms with Gasteiger partial charge in [0, 0.05) is 0 Å². The van der Waals surface area contributed by atoms with Gasteiger partial charge in [-0.3, -0.25) is 9.59 Å². The standard InChI is InChI=1S/C18H18N4O4/c1-25-15-7-3-13(4-8-15)11-19-21-17(23)18(24)22-20-12-14-5-9-16(26-2)10-6-14/h3-12H,1-2H3,(H,21,23)(H,22,24)/b19-11-,20-12+. The van der Waals surface area contributed by atoms with Crippen LogP contribution in [0, 0.1) is 0 Å². The van der Waals surface area contributed by atoms with E-state index >= 15 is 0 Å². The van der Waals surface area contributed by atoms with Crippen molar-refractivity contribution < 1.29 is 19.1 Å². The first-order valence-electron chi connectivity index (χ1n) is 7.57. The average Bonchev–Trinajstić information content (AvgIpc) is 2.68. The number of nitrogens with one attached hydrogen (secondary N) is 2. The van der Waals surface area contributed by atoms with E-state index < -0.39 is 11.8 Å². The molecule has 2 N–H and O–H groups in total. The van der Waals surface area contributed by atoms with Gasteiger partial charge in [-0.15, -0.1) is 0 Å². The molecule has 0 saturated carbocycles. The monoisotopic (exact) mass is 354 g/mol. The molecule has 2 aromatic carbocycles. The van der Waals surface area contributed by atoms with Crippen molar-refractivity contribution in [1.82, 2.24) is 10.9 Å². The number of benzene rings is 2. The second-order valence-corrected chi connectivity index (χ2v) is 4.94. The van der Waals surface area contributed by atoms with Gasteiger partial charge in [0.15, 0.2) is 0 Å². The largest absolute Gasteiger partial charge is 0.497 e. The van der Waals surface area contributed by atoms with E-state index in [4.69, 9.17) is 9.47 Å². The molecular weight excluding hydrogens is 336 g/mol. The number of methoxy groups -OCH3 is 2. The fraction of sp³-hybridized carbons (Fsp3) is 0.111. The molecule has 2 amide bonds. The van der Waals surface area contributed by atoms with Crippen LogP contribution in [0.2, 0.25) is 0 Å². The fourth-order valence-corrected chi connectivity index (χ4v) is 1.81. The van der Waals surface area contributed by atoms with Crippen molar-refractivity contribution in [2.24, 2.45) is 10.2 Å². The lowest BCUT2D eigenvalue weighted by Crippen LogP contribution is -2.35. The van der Waals surface area contributed by atoms with Crippen molar-refractivity contribution in [2.75, 3.05) is 14.2 Å². The Labute approximate surface area is 150 Å². The molecule has 0 bridgehead atoms. The van der Waals surface area contributed by atoms with Crippen LogP contribution in [0.1, 0.15) is 11.1 Å². The Balaban J connectivity index is 1.79. The van der Waals surface area contributed by atoms with Gasteiger partial charge in [0.1, 0.15) is 11.5 Å². The van der Waals surface area contributed by atoms with Crippen LogP contribution >= 0.6 is 0 Å². The van der Waals surface area contributed by atoms with Gasteiger partial charge < -0.3 is 9.47 Å². The normalized spacial score (nSPS) is 10.7. The van der Waals surface area contributed by atoms with Crippen molar-refractivity contribution in [2.45, 2.75) is 0 Å². The topological polar surface area (TPSA) is 101 Å². The molecule has 0 spiro atoms. The Bertz CT molecular complexity index is 729. The van der Waals surface area contributed by atoms with Crippen LogP contribution in [0.4, 0.5) is 0 Å². The highest BCUT2D eigenvalue weighted by Crippen LogP contribution is 2.10. The van der Waals surface area contributed by atoms with Crippen molar-refractivity contribution in [3.63, 3.8) is 0 Å². The van der Waals surface area contributed by atoms with E-state index in [0.29, 0.717) is 11.5 Å². The number of amides is 2. The fourth-order valence-electron chi connectivity index (χ4n) is 1.81. The molecule has 0 aliphatic carbocycles. The Morgan fingerprint density at radius 2 is 1.08 bits per heavy atom. The summed E-state index contributed by atoms with van der Waals surface area (Å²) in [7, 11) is 3.14. The third kappa shape index (κ3) is 5.75. The SMILES string of the molecule is COc1ccc(/C=N\NC(=O)C(=O)N/N=C/c2ccc(OC)cc2)cc1. The number of hydrogen-bond donors (Lipinski definition) is 2. The smallest absolute Gasteiger partial charge is 0.331 e. The van der Waals surface area contributed by atoms with E-state index in [1.165, 1.54) is 12.4 Å². The molecule has 0 atom stereocenters. The molecule has 0 aliphatic heterocycles. The molecule has 2 aromatic rings. The van der Waals surface area contributed by atoms with E-state index in [2.05, 4.69) is 21.1 Å². The molecule has 0 aliphatic rings. The van der Waals surface area contributed by atoms with Crippen LogP contribution in [-0.4, -0.2) is 38.5 Å². The van der Waals surface area contributed by atoms with Crippen LogP contribution < -0.4 is 20.3 Å². The zero-order valence-electron chi connectivity index (χ0n) is 14.3. The Morgan fingerprint density at radius 3 is 1.38 bits per heavy atom. The number of carbonyl (C=O) groups excluding carboxylic acids is 2. The quantitative estimate of drug-likeness (QED) is 0.464. The molecule has 0 unspecified atom stereocenters. The maximum atomic E-state index is 11.6. The first kappa shape index (κ1) is 18.7. The molecule has 8 nitrogen and oxygen atoms in total. The molecular formula is C18H18N4O4. The van der Waals surface area contributed by atoms with Gasteiger partial charge in [0.05, 0.1) is 26.6 Å². The maximum absolute atomic E-state index is 11.6. The third-order valence-corrected chi connectivity index (χ3v) is 3.20. The van der Waals surface area contributed by atoms with Crippen LogP contribution in [0.25, 0.3) is 0 Å². The minimum absolute atomic E-state index is 0.709. The predicted octanol–water partition coefficient (Wildman–Crippen LogP) is 1.30. The molecule has 2 rings (SSSR count). The van der Waals surface area contributed by atoms with Gasteiger partial charge >= 0.3 is 11.8 Å². The van der Waals surface area contributed by atoms with Gasteiger partial charge in [-0.2, -0.15) is 10.2 Å². The van der Waals surface area contributed by atoms with Crippen LogP contribution in [-0.2, 0) is 9.59 Å². The molecule has 0 heterocycles. The summed E-state index contributed by atoms with van der Waals surface area (Å²) in [5.74, 6) is -0.441. The summed E-state index contributed by atoms with van der Waals surface area (Å²) >= 11 is 0. The van der Waals surface area contributed by atoms with Gasteiger partial charge in [0.2, 0.25) is 0 Å². The summed E-state index contributed by atoms with van der Waals surface area (Å²) < 4.78 is 10.1. The first-order valence-corrected chi connectivity index (χ1v) is 7.57. The highest BCUT2D eigenvalue weighted by atomic mass is 16.5. The zero-order valence-corrected chi connectivity index (χ0v) is 14.3. The van der Waals surface area contributed by atoms with Crippen LogP contribution in [0.5, 0.6) is 11.5 Å². The number of nitrogens with zero attached hydrogens (tertiary/aromatic N) is 2. The molecule has 0 fully saturated rings. The predicted molar refractivity (Wildman–Crippen MR) is 97.5 cm³/mol. The Morgan fingerprint density at radius 1 is 0.731 bits per heavy atom. The van der Waals surface area contributed by atoms with Crippen molar-refractivity contribution >= 4 is 24.2 Å². The molecule has 8 heteroatoms. The van der Waals surface area contributed by atoms with E-state index in [-0.39, 0.29) is 0 Å². The minimum atomic E-state index is -0.929. The van der Waals surface area contributed by atoms with Gasteiger partial charge in [-0.25, -0.2) is 10.9 Å². The maximum Gasteiger partial charge on any atom is 0.331 e. The van der Waals surface area contributed by atoms with Gasteiger partial charge in [-0.1, -0.05) is 0 Å². The summed E-state index contributed by atoms with van der Waals surface area (Å²) in [6.45, 7) is 0. The van der Waals surface area contributed by atoms with Crippen molar-refractivity contribution in [3.8, 4) is 11.5 Å². The van der Waals surface area contributed by atoms with E-state index in [1.807, 2.05) is 0 Å². The average molecular weight is 354 g/mol. The van der Waals surface area contributed by atoms with E-state index in [9.17, 15) is 9.59 Å². The second-order valence-electron chi connectivity index (χ2n) is 4.94. The van der Waals surface area contributed by atoms with Gasteiger partial charge in [0.25, 0.3) is 0 Å². The number of hydrazone groups is 2. The minimum Gasteiger partial charge on any atom is -0.497 e. The van der Waals surface area contributed by atoms with Crippen molar-refractivity contribution in [1.29, 1.82) is 0 Å². The molecule has 134 valence electrons. The Hall–Kier alpha value is -3.68. The summed E-state index contributed by atoms with van der Waals surface area (Å²) in [4.78, 5) is 23.2. The second kappa shape index (κ2) is 9.58. The number of hydrogen-bond acceptors (Lipinski definition) is 6. The molecule has 0 saturated heterocycles. The van der Waals surface area contributed by atoms with Crippen LogP contribution in [0.15, 0.2) is 58.7 Å². The Kier molecular flexibility index (Phi) is 6.87. The van der Waals surface area contributed by atoms with E-state index in [0.717, 1.165) is 11.1 Å². The number of rotatable bonds is 6. The highest BCUT2D eigenvalue weighted by molar-refractivity contribution is 6.35. The molecule has 26 heavy (non-hydrogen) atoms. The molecule has 0 aromatic heterocycles. The lowest BCUT2D eigenvalue weighted by Gasteiger charge is -2.00. The number of carbonyl (C=O) groups is 2. The van der Waals surface area contributed by atoms with Crippen LogP contribution in [0.3, 0.4) is 0 Å². The lowest BCUT2D eigenvalue weighted by molar-refractivity contribution is -0.139.